The number of carbonyl (C=O) groups excluding carboxylic acids is 2. The molecule has 0 spiro atoms. The van der Waals surface area contributed by atoms with Crippen LogP contribution >= 0.6 is 0 Å². The third-order valence-electron chi connectivity index (χ3n) is 5.09. The van der Waals surface area contributed by atoms with E-state index < -0.39 is 0 Å². The van der Waals surface area contributed by atoms with Gasteiger partial charge in [-0.3, -0.25) is 9.59 Å². The van der Waals surface area contributed by atoms with Crippen LogP contribution < -0.4 is 20.1 Å². The number of carbonyl (C=O) groups is 2. The average Bonchev–Trinajstić information content (AvgIpc) is 2.75. The van der Waals surface area contributed by atoms with Crippen molar-refractivity contribution in [2.75, 3.05) is 14.2 Å². The highest BCUT2D eigenvalue weighted by Crippen LogP contribution is 2.27. The van der Waals surface area contributed by atoms with Crippen LogP contribution in [0.2, 0.25) is 0 Å². The number of ether oxygens (including phenoxy) is 2. The van der Waals surface area contributed by atoms with Gasteiger partial charge in [0.1, 0.15) is 0 Å². The van der Waals surface area contributed by atoms with E-state index in [4.69, 9.17) is 9.47 Å². The number of rotatable bonds is 8. The molecule has 0 radical (unpaired) electrons. The topological polar surface area (TPSA) is 117 Å². The summed E-state index contributed by atoms with van der Waals surface area (Å²) in [5.74, 6) is 0.261. The Morgan fingerprint density at radius 1 is 0.812 bits per heavy atom. The maximum absolute atomic E-state index is 12.1. The minimum Gasteiger partial charge on any atom is -0.504 e. The number of nitrogens with one attached hydrogen (secondary N) is 2. The number of benzene rings is 2. The Labute approximate surface area is 186 Å². The number of phenolic OH excluding ortho intramolecular Hbond substituents is 2. The van der Waals surface area contributed by atoms with E-state index in [1.807, 2.05) is 0 Å². The van der Waals surface area contributed by atoms with Crippen LogP contribution in [0.4, 0.5) is 0 Å². The van der Waals surface area contributed by atoms with Crippen molar-refractivity contribution < 1.29 is 29.3 Å². The fourth-order valence-corrected chi connectivity index (χ4v) is 3.32. The first-order valence-electron chi connectivity index (χ1n) is 10.1. The van der Waals surface area contributed by atoms with Gasteiger partial charge in [0.2, 0.25) is 11.8 Å². The first-order valence-corrected chi connectivity index (χ1v) is 10.1. The zero-order valence-corrected chi connectivity index (χ0v) is 17.9. The van der Waals surface area contributed by atoms with Gasteiger partial charge in [-0.15, -0.1) is 0 Å². The molecule has 1 fully saturated rings. The van der Waals surface area contributed by atoms with E-state index in [0.29, 0.717) is 35.5 Å². The largest absolute Gasteiger partial charge is 0.504 e. The van der Waals surface area contributed by atoms with E-state index in [1.165, 1.54) is 38.5 Å². The van der Waals surface area contributed by atoms with Gasteiger partial charge >= 0.3 is 0 Å². The lowest BCUT2D eigenvalue weighted by Gasteiger charge is -2.35. The molecule has 168 valence electrons. The zero-order valence-electron chi connectivity index (χ0n) is 17.9. The molecule has 2 aromatic rings. The first-order chi connectivity index (χ1) is 15.4. The third kappa shape index (κ3) is 6.04. The van der Waals surface area contributed by atoms with E-state index in [9.17, 15) is 19.8 Å². The molecule has 0 aliphatic heterocycles. The molecule has 0 atom stereocenters. The molecule has 1 aliphatic carbocycles. The second kappa shape index (κ2) is 10.4. The van der Waals surface area contributed by atoms with Crippen LogP contribution in [0.3, 0.4) is 0 Å². The summed E-state index contributed by atoms with van der Waals surface area (Å²) in [6, 6.07) is 9.72. The Morgan fingerprint density at radius 2 is 1.22 bits per heavy atom. The van der Waals surface area contributed by atoms with Crippen molar-refractivity contribution in [2.45, 2.75) is 24.9 Å². The molecular weight excluding hydrogens is 412 g/mol. The van der Waals surface area contributed by atoms with Gasteiger partial charge in [0.05, 0.1) is 14.2 Å². The number of methoxy groups -OCH3 is 2. The standard InChI is InChI=1S/C24H26N2O6/c1-31-21-7-3-15(11-19(21)27)5-9-23(29)25-17-13-18(14-17)26-24(30)10-6-16-4-8-22(32-2)20(28)12-16/h3-12,17-18,27-28H,13-14H2,1-2H3,(H,25,29)(H,26,30)/b9-5+,10-6+. The van der Waals surface area contributed by atoms with Crippen LogP contribution in [0, 0.1) is 0 Å². The molecule has 1 saturated carbocycles. The predicted molar refractivity (Wildman–Crippen MR) is 120 cm³/mol. The molecule has 0 heterocycles. The molecule has 2 aromatic carbocycles. The van der Waals surface area contributed by atoms with Crippen molar-refractivity contribution in [3.63, 3.8) is 0 Å². The van der Waals surface area contributed by atoms with Crippen LogP contribution in [-0.4, -0.2) is 48.3 Å². The number of hydrogen-bond acceptors (Lipinski definition) is 6. The smallest absolute Gasteiger partial charge is 0.244 e. The summed E-state index contributed by atoms with van der Waals surface area (Å²) >= 11 is 0. The van der Waals surface area contributed by atoms with Gasteiger partial charge in [0.25, 0.3) is 0 Å². The average molecular weight is 438 g/mol. The molecule has 0 saturated heterocycles. The van der Waals surface area contributed by atoms with E-state index in [2.05, 4.69) is 10.6 Å². The van der Waals surface area contributed by atoms with Crippen molar-refractivity contribution in [1.29, 1.82) is 0 Å². The Kier molecular flexibility index (Phi) is 7.38. The van der Waals surface area contributed by atoms with E-state index in [1.54, 1.807) is 36.4 Å². The molecule has 2 amide bonds. The molecule has 3 rings (SSSR count). The summed E-state index contributed by atoms with van der Waals surface area (Å²) in [4.78, 5) is 24.2. The van der Waals surface area contributed by atoms with Crippen molar-refractivity contribution in [3.05, 3.63) is 59.7 Å². The number of aromatic hydroxyl groups is 2. The molecule has 32 heavy (non-hydrogen) atoms. The first kappa shape index (κ1) is 22.7. The van der Waals surface area contributed by atoms with E-state index in [0.717, 1.165) is 0 Å². The molecule has 0 bridgehead atoms. The van der Waals surface area contributed by atoms with Gasteiger partial charge in [-0.2, -0.15) is 0 Å². The molecule has 0 unspecified atom stereocenters. The fourth-order valence-electron chi connectivity index (χ4n) is 3.32. The molecule has 4 N–H and O–H groups in total. The maximum Gasteiger partial charge on any atom is 0.244 e. The lowest BCUT2D eigenvalue weighted by Crippen LogP contribution is -2.53. The van der Waals surface area contributed by atoms with E-state index >= 15 is 0 Å². The van der Waals surface area contributed by atoms with Crippen LogP contribution in [0.5, 0.6) is 23.0 Å². The van der Waals surface area contributed by atoms with Gasteiger partial charge in [-0.05, 0) is 60.4 Å². The number of phenols is 2. The van der Waals surface area contributed by atoms with Crippen molar-refractivity contribution in [3.8, 4) is 23.0 Å². The van der Waals surface area contributed by atoms with Crippen molar-refractivity contribution in [2.24, 2.45) is 0 Å². The van der Waals surface area contributed by atoms with Crippen LogP contribution in [0.1, 0.15) is 24.0 Å². The summed E-state index contributed by atoms with van der Waals surface area (Å²) in [6.07, 6.45) is 7.31. The molecule has 0 aromatic heterocycles. The Morgan fingerprint density at radius 3 is 1.56 bits per heavy atom. The Hall–Kier alpha value is -3.94. The van der Waals surface area contributed by atoms with Crippen LogP contribution in [0.25, 0.3) is 12.2 Å². The third-order valence-corrected chi connectivity index (χ3v) is 5.09. The fraction of sp³-hybridized carbons (Fsp3) is 0.250. The Bertz CT molecular complexity index is 959. The lowest BCUT2D eigenvalue weighted by atomic mass is 9.86. The normalized spacial score (nSPS) is 17.7. The molecular formula is C24H26N2O6. The minimum atomic E-state index is -0.241. The van der Waals surface area contributed by atoms with Crippen LogP contribution in [-0.2, 0) is 9.59 Å². The summed E-state index contributed by atoms with van der Waals surface area (Å²) in [6.45, 7) is 0. The highest BCUT2D eigenvalue weighted by Gasteiger charge is 2.30. The molecule has 8 nitrogen and oxygen atoms in total. The van der Waals surface area contributed by atoms with Gasteiger partial charge in [0.15, 0.2) is 23.0 Å². The highest BCUT2D eigenvalue weighted by atomic mass is 16.5. The maximum atomic E-state index is 12.1. The van der Waals surface area contributed by atoms with Gasteiger partial charge in [0, 0.05) is 24.2 Å². The summed E-state index contributed by atoms with van der Waals surface area (Å²) in [7, 11) is 2.93. The van der Waals surface area contributed by atoms with Crippen molar-refractivity contribution >= 4 is 24.0 Å². The molecule has 8 heteroatoms. The number of hydrogen-bond donors (Lipinski definition) is 4. The molecule has 1 aliphatic rings. The Balaban J connectivity index is 1.40. The summed E-state index contributed by atoms with van der Waals surface area (Å²) in [5, 5.41) is 25.3. The number of amides is 2. The quantitative estimate of drug-likeness (QED) is 0.471. The predicted octanol–water partition coefficient (Wildman–Crippen LogP) is 2.61. The minimum absolute atomic E-state index is 0.00507. The van der Waals surface area contributed by atoms with E-state index in [-0.39, 0.29) is 35.4 Å². The highest BCUT2D eigenvalue weighted by molar-refractivity contribution is 5.93. The van der Waals surface area contributed by atoms with Gasteiger partial charge in [-0.25, -0.2) is 0 Å². The van der Waals surface area contributed by atoms with Crippen molar-refractivity contribution in [1.82, 2.24) is 10.6 Å². The summed E-state index contributed by atoms with van der Waals surface area (Å²) < 4.78 is 9.97. The second-order valence-corrected chi connectivity index (χ2v) is 7.41. The van der Waals surface area contributed by atoms with Gasteiger partial charge in [-0.1, -0.05) is 12.1 Å². The van der Waals surface area contributed by atoms with Crippen LogP contribution in [0.15, 0.2) is 48.6 Å². The SMILES string of the molecule is COc1ccc(/C=C/C(=O)NC2CC(NC(=O)/C=C/c3ccc(OC)c(O)c3)C2)cc1O. The summed E-state index contributed by atoms with van der Waals surface area (Å²) in [5.41, 5.74) is 1.35. The monoisotopic (exact) mass is 438 g/mol. The zero-order chi connectivity index (χ0) is 23.1. The lowest BCUT2D eigenvalue weighted by molar-refractivity contribution is -0.118. The second-order valence-electron chi connectivity index (χ2n) is 7.41. The van der Waals surface area contributed by atoms with Gasteiger partial charge < -0.3 is 30.3 Å².